The lowest BCUT2D eigenvalue weighted by Gasteiger charge is -2.28. The van der Waals surface area contributed by atoms with Crippen LogP contribution in [0.5, 0.6) is 5.88 Å². The lowest BCUT2D eigenvalue weighted by atomic mass is 10.0. The van der Waals surface area contributed by atoms with Crippen LogP contribution in [0.1, 0.15) is 29.5 Å². The number of aromatic nitrogens is 2. The topological polar surface area (TPSA) is 69.1 Å². The number of ether oxygens (including phenoxy) is 3. The minimum atomic E-state index is -0.359. The van der Waals surface area contributed by atoms with Crippen LogP contribution in [0.4, 0.5) is 10.2 Å². The number of pyridine rings is 2. The summed E-state index contributed by atoms with van der Waals surface area (Å²) in [6.45, 7) is 4.24. The van der Waals surface area contributed by atoms with Gasteiger partial charge in [-0.1, -0.05) is 0 Å². The zero-order chi connectivity index (χ0) is 19.6. The first kappa shape index (κ1) is 18.4. The van der Waals surface area contributed by atoms with Gasteiger partial charge in [0, 0.05) is 43.9 Å². The van der Waals surface area contributed by atoms with Crippen molar-refractivity contribution in [1.29, 1.82) is 0 Å². The maximum atomic E-state index is 15.5. The molecule has 5 rings (SSSR count). The van der Waals surface area contributed by atoms with E-state index in [-0.39, 0.29) is 11.9 Å². The zero-order valence-electron chi connectivity index (χ0n) is 16.1. The summed E-state index contributed by atoms with van der Waals surface area (Å²) >= 11 is 0. The molecule has 2 aromatic rings. The number of aliphatic imine (C=N–C) groups is 1. The molecule has 0 aromatic carbocycles. The van der Waals surface area contributed by atoms with Crippen LogP contribution in [0, 0.1) is 5.82 Å². The monoisotopic (exact) mass is 398 g/mol. The third kappa shape index (κ3) is 3.58. The number of fused-ring (bicyclic) bond motifs is 1. The van der Waals surface area contributed by atoms with E-state index in [0.717, 1.165) is 24.0 Å². The fourth-order valence-corrected chi connectivity index (χ4v) is 3.98. The molecule has 2 saturated heterocycles. The normalized spacial score (nSPS) is 19.8. The van der Waals surface area contributed by atoms with E-state index in [1.165, 1.54) is 0 Å². The van der Waals surface area contributed by atoms with Crippen LogP contribution in [-0.4, -0.2) is 61.3 Å². The van der Waals surface area contributed by atoms with Gasteiger partial charge in [0.05, 0.1) is 44.2 Å². The maximum Gasteiger partial charge on any atom is 0.223 e. The molecule has 29 heavy (non-hydrogen) atoms. The Morgan fingerprint density at radius 2 is 1.76 bits per heavy atom. The van der Waals surface area contributed by atoms with Crippen molar-refractivity contribution in [3.05, 3.63) is 47.0 Å². The lowest BCUT2D eigenvalue weighted by molar-refractivity contribution is 0.0236. The Balaban J connectivity index is 1.49. The number of nitrogens with zero attached hydrogens (tertiary/aromatic N) is 4. The molecule has 3 aliphatic heterocycles. The predicted molar refractivity (Wildman–Crippen MR) is 105 cm³/mol. The van der Waals surface area contributed by atoms with Gasteiger partial charge in [-0.3, -0.25) is 4.99 Å². The minimum Gasteiger partial charge on any atom is -0.474 e. The van der Waals surface area contributed by atoms with Crippen molar-refractivity contribution in [1.82, 2.24) is 9.97 Å². The van der Waals surface area contributed by atoms with Crippen LogP contribution in [0.3, 0.4) is 0 Å². The van der Waals surface area contributed by atoms with Gasteiger partial charge in [-0.25, -0.2) is 14.4 Å². The molecule has 0 spiro atoms. The molecule has 0 aliphatic carbocycles. The summed E-state index contributed by atoms with van der Waals surface area (Å²) in [7, 11) is 0. The first-order valence-electron chi connectivity index (χ1n) is 10.1. The standard InChI is InChI=1S/C21H23FN4O3/c22-18-16(2-6-23-20(18)26-7-11-28-12-8-26)19-17-14(13-25-19)1-5-24-21(17)29-15-3-9-27-10-4-15/h1-2,5-6,15H,3-4,7-13H2. The predicted octanol–water partition coefficient (Wildman–Crippen LogP) is 2.36. The smallest absolute Gasteiger partial charge is 0.223 e. The van der Waals surface area contributed by atoms with E-state index in [0.29, 0.717) is 69.0 Å². The Morgan fingerprint density at radius 3 is 2.59 bits per heavy atom. The van der Waals surface area contributed by atoms with Crippen molar-refractivity contribution < 1.29 is 18.6 Å². The van der Waals surface area contributed by atoms with Gasteiger partial charge in [-0.05, 0) is 17.7 Å². The summed E-state index contributed by atoms with van der Waals surface area (Å²) in [4.78, 5) is 15.3. The maximum absolute atomic E-state index is 15.5. The van der Waals surface area contributed by atoms with Crippen LogP contribution >= 0.6 is 0 Å². The number of rotatable bonds is 4. The quantitative estimate of drug-likeness (QED) is 0.788. The van der Waals surface area contributed by atoms with Crippen LogP contribution in [0.2, 0.25) is 0 Å². The highest BCUT2D eigenvalue weighted by Crippen LogP contribution is 2.33. The molecule has 0 radical (unpaired) electrons. The molecule has 5 heterocycles. The molecule has 0 amide bonds. The first-order chi connectivity index (χ1) is 14.3. The summed E-state index contributed by atoms with van der Waals surface area (Å²) in [5.74, 6) is 0.509. The van der Waals surface area contributed by atoms with Crippen molar-refractivity contribution in [3.63, 3.8) is 0 Å². The molecule has 0 bridgehead atoms. The van der Waals surface area contributed by atoms with Gasteiger partial charge in [0.2, 0.25) is 5.88 Å². The highest BCUT2D eigenvalue weighted by molar-refractivity contribution is 6.16. The summed E-state index contributed by atoms with van der Waals surface area (Å²) in [5, 5.41) is 0. The molecule has 8 heteroatoms. The van der Waals surface area contributed by atoms with Gasteiger partial charge in [0.25, 0.3) is 0 Å². The van der Waals surface area contributed by atoms with E-state index in [9.17, 15) is 0 Å². The second-order valence-corrected chi connectivity index (χ2v) is 7.34. The SMILES string of the molecule is Fc1c(C2=NCc3ccnc(OC4CCOCC4)c32)ccnc1N1CCOCC1. The van der Waals surface area contributed by atoms with Crippen molar-refractivity contribution >= 4 is 11.5 Å². The van der Waals surface area contributed by atoms with E-state index >= 15 is 4.39 Å². The fourth-order valence-electron chi connectivity index (χ4n) is 3.98. The van der Waals surface area contributed by atoms with Crippen molar-refractivity contribution in [2.45, 2.75) is 25.5 Å². The van der Waals surface area contributed by atoms with Gasteiger partial charge in [-0.2, -0.15) is 0 Å². The fraction of sp³-hybridized carbons (Fsp3) is 0.476. The molecular formula is C21H23FN4O3. The molecular weight excluding hydrogens is 375 g/mol. The Labute approximate surface area is 168 Å². The Morgan fingerprint density at radius 1 is 1.00 bits per heavy atom. The average Bonchev–Trinajstić information content (AvgIpc) is 3.20. The van der Waals surface area contributed by atoms with Gasteiger partial charge in [0.15, 0.2) is 11.6 Å². The molecule has 3 aliphatic rings. The highest BCUT2D eigenvalue weighted by Gasteiger charge is 2.29. The summed E-state index contributed by atoms with van der Waals surface area (Å²) in [6, 6.07) is 3.60. The number of hydrogen-bond donors (Lipinski definition) is 0. The van der Waals surface area contributed by atoms with E-state index in [2.05, 4.69) is 15.0 Å². The molecule has 0 unspecified atom stereocenters. The molecule has 0 N–H and O–H groups in total. The largest absolute Gasteiger partial charge is 0.474 e. The third-order valence-electron chi connectivity index (χ3n) is 5.53. The van der Waals surface area contributed by atoms with E-state index < -0.39 is 0 Å². The van der Waals surface area contributed by atoms with Gasteiger partial charge in [-0.15, -0.1) is 0 Å². The Hall–Kier alpha value is -2.58. The molecule has 0 saturated carbocycles. The average molecular weight is 398 g/mol. The second-order valence-electron chi connectivity index (χ2n) is 7.34. The van der Waals surface area contributed by atoms with E-state index in [1.807, 2.05) is 11.0 Å². The number of halogens is 1. The van der Waals surface area contributed by atoms with Crippen LogP contribution in [0.15, 0.2) is 29.5 Å². The summed E-state index contributed by atoms with van der Waals surface area (Å²) in [5.41, 5.74) is 2.81. The lowest BCUT2D eigenvalue weighted by Crippen LogP contribution is -2.37. The molecule has 2 fully saturated rings. The van der Waals surface area contributed by atoms with Crippen molar-refractivity contribution in [2.75, 3.05) is 44.4 Å². The summed E-state index contributed by atoms with van der Waals surface area (Å²) < 4.78 is 32.5. The van der Waals surface area contributed by atoms with Crippen LogP contribution in [0.25, 0.3) is 0 Å². The summed E-state index contributed by atoms with van der Waals surface area (Å²) in [6.07, 6.45) is 5.06. The van der Waals surface area contributed by atoms with Crippen LogP contribution in [-0.2, 0) is 16.0 Å². The molecule has 7 nitrogen and oxygen atoms in total. The second kappa shape index (κ2) is 8.04. The molecule has 0 atom stereocenters. The zero-order valence-corrected chi connectivity index (χ0v) is 16.1. The van der Waals surface area contributed by atoms with E-state index in [4.69, 9.17) is 14.2 Å². The minimum absolute atomic E-state index is 0.0517. The first-order valence-corrected chi connectivity index (χ1v) is 10.1. The molecule has 2 aromatic heterocycles. The third-order valence-corrected chi connectivity index (χ3v) is 5.53. The van der Waals surface area contributed by atoms with Gasteiger partial charge < -0.3 is 19.1 Å². The van der Waals surface area contributed by atoms with Gasteiger partial charge in [0.1, 0.15) is 6.10 Å². The Kier molecular flexibility index (Phi) is 5.12. The van der Waals surface area contributed by atoms with E-state index in [1.54, 1.807) is 18.5 Å². The van der Waals surface area contributed by atoms with Crippen LogP contribution < -0.4 is 9.64 Å². The number of hydrogen-bond acceptors (Lipinski definition) is 7. The van der Waals surface area contributed by atoms with Crippen molar-refractivity contribution in [2.24, 2.45) is 4.99 Å². The van der Waals surface area contributed by atoms with Crippen molar-refractivity contribution in [3.8, 4) is 5.88 Å². The molecule has 152 valence electrons. The Bertz CT molecular complexity index is 924. The highest BCUT2D eigenvalue weighted by atomic mass is 19.1. The van der Waals surface area contributed by atoms with Gasteiger partial charge >= 0.3 is 0 Å². The number of morpholine rings is 1. The number of anilines is 1.